The fraction of sp³-hybridized carbons (Fsp3) is 0.308. The Kier molecular flexibility index (Phi) is 6.81. The van der Waals surface area contributed by atoms with E-state index in [0.29, 0.717) is 11.3 Å². The highest BCUT2D eigenvalue weighted by Crippen LogP contribution is 2.50. The molecule has 2 amide bonds. The van der Waals surface area contributed by atoms with Crippen LogP contribution in [0.1, 0.15) is 38.3 Å². The van der Waals surface area contributed by atoms with Crippen LogP contribution in [0.4, 0.5) is 10.5 Å². The largest absolute Gasteiger partial charge is 0.443 e. The normalized spacial score (nSPS) is 18.8. The topological polar surface area (TPSA) is 89.8 Å². The van der Waals surface area contributed by atoms with E-state index in [1.165, 1.54) is 0 Å². The molecule has 0 saturated heterocycles. The summed E-state index contributed by atoms with van der Waals surface area (Å²) in [6.45, 7) is 8.46. The Morgan fingerprint density at radius 3 is 2.42 bits per heavy atom. The Bertz CT molecular complexity index is 1090. The Balaban J connectivity index is 2.17. The molecule has 7 heteroatoms. The molecule has 2 atom stereocenters. The average Bonchev–Trinajstić information content (AvgIpc) is 2.99. The Labute approximate surface area is 193 Å². The van der Waals surface area contributed by atoms with Gasteiger partial charge in [0.15, 0.2) is 0 Å². The highest BCUT2D eigenvalue weighted by atomic mass is 16.6. The van der Waals surface area contributed by atoms with E-state index in [0.717, 1.165) is 10.5 Å². The number of ether oxygens (including phenoxy) is 1. The van der Waals surface area contributed by atoms with Crippen molar-refractivity contribution in [2.24, 2.45) is 5.92 Å². The molecule has 7 nitrogen and oxygen atoms in total. The highest BCUT2D eigenvalue weighted by Gasteiger charge is 2.57. The van der Waals surface area contributed by atoms with Gasteiger partial charge >= 0.3 is 6.09 Å². The predicted molar refractivity (Wildman–Crippen MR) is 127 cm³/mol. The molecule has 0 aromatic heterocycles. The Hall–Kier alpha value is -3.74. The van der Waals surface area contributed by atoms with E-state index < -0.39 is 40.4 Å². The first-order valence-corrected chi connectivity index (χ1v) is 10.7. The number of imide groups is 1. The van der Waals surface area contributed by atoms with Gasteiger partial charge in [-0.1, -0.05) is 66.8 Å². The summed E-state index contributed by atoms with van der Waals surface area (Å²) >= 11 is 0. The molecule has 0 bridgehead atoms. The van der Waals surface area contributed by atoms with Gasteiger partial charge < -0.3 is 4.74 Å². The molecule has 0 unspecified atom stereocenters. The van der Waals surface area contributed by atoms with Crippen molar-refractivity contribution in [3.8, 4) is 0 Å². The zero-order valence-electron chi connectivity index (χ0n) is 19.1. The third-order valence-corrected chi connectivity index (χ3v) is 5.55. The first-order valence-electron chi connectivity index (χ1n) is 10.7. The van der Waals surface area contributed by atoms with Crippen LogP contribution in [0.2, 0.25) is 0 Å². The summed E-state index contributed by atoms with van der Waals surface area (Å²) in [5.74, 6) is -1.38. The lowest BCUT2D eigenvalue weighted by Gasteiger charge is -2.32. The molecule has 1 aliphatic heterocycles. The fourth-order valence-corrected chi connectivity index (χ4v) is 4.23. The lowest BCUT2D eigenvalue weighted by molar-refractivity contribution is -0.487. The molecule has 2 aromatic carbocycles. The minimum atomic E-state index is -1.37. The summed E-state index contributed by atoms with van der Waals surface area (Å²) in [7, 11) is 0. The maximum atomic E-state index is 14.0. The van der Waals surface area contributed by atoms with Gasteiger partial charge in [0, 0.05) is 4.92 Å². The summed E-state index contributed by atoms with van der Waals surface area (Å²) in [6, 6.07) is 16.2. The molecular formula is C26H28N2O5. The van der Waals surface area contributed by atoms with Gasteiger partial charge in [-0.3, -0.25) is 14.9 Å². The molecule has 0 fully saturated rings. The van der Waals surface area contributed by atoms with E-state index in [9.17, 15) is 19.7 Å². The molecule has 0 spiro atoms. The number of carbonyl (C=O) groups is 2. The number of carbonyl (C=O) groups excluding carboxylic acids is 2. The number of anilines is 1. The van der Waals surface area contributed by atoms with Crippen LogP contribution < -0.4 is 4.90 Å². The number of allylic oxidation sites excluding steroid dienone is 1. The van der Waals surface area contributed by atoms with Gasteiger partial charge in [0.25, 0.3) is 0 Å². The number of nitro groups is 1. The van der Waals surface area contributed by atoms with Gasteiger partial charge in [0.2, 0.25) is 12.5 Å². The molecule has 3 rings (SSSR count). The van der Waals surface area contributed by atoms with E-state index in [4.69, 9.17) is 4.74 Å². The van der Waals surface area contributed by atoms with Crippen molar-refractivity contribution in [3.05, 3.63) is 94.6 Å². The van der Waals surface area contributed by atoms with E-state index in [-0.39, 0.29) is 6.42 Å². The quantitative estimate of drug-likeness (QED) is 0.322. The minimum Gasteiger partial charge on any atom is -0.443 e. The van der Waals surface area contributed by atoms with Crippen LogP contribution in [0, 0.1) is 16.0 Å². The van der Waals surface area contributed by atoms with Gasteiger partial charge in [-0.15, -0.1) is 6.58 Å². The van der Waals surface area contributed by atoms with E-state index in [2.05, 4.69) is 6.58 Å². The van der Waals surface area contributed by atoms with Crippen LogP contribution in [-0.2, 0) is 14.9 Å². The maximum Gasteiger partial charge on any atom is 0.421 e. The van der Waals surface area contributed by atoms with E-state index in [1.54, 1.807) is 63.3 Å². The zero-order valence-corrected chi connectivity index (χ0v) is 19.1. The molecule has 2 aromatic rings. The Morgan fingerprint density at radius 2 is 1.82 bits per heavy atom. The smallest absolute Gasteiger partial charge is 0.421 e. The van der Waals surface area contributed by atoms with Crippen LogP contribution in [0.5, 0.6) is 0 Å². The van der Waals surface area contributed by atoms with E-state index >= 15 is 0 Å². The van der Waals surface area contributed by atoms with Crippen molar-refractivity contribution in [3.63, 3.8) is 0 Å². The summed E-state index contributed by atoms with van der Waals surface area (Å²) in [6.07, 6.45) is 4.34. The minimum absolute atomic E-state index is 0.125. The molecule has 0 radical (unpaired) electrons. The van der Waals surface area contributed by atoms with E-state index in [1.807, 2.05) is 30.3 Å². The van der Waals surface area contributed by atoms with Crippen molar-refractivity contribution < 1.29 is 19.2 Å². The monoisotopic (exact) mass is 448 g/mol. The fourth-order valence-electron chi connectivity index (χ4n) is 4.23. The second-order valence-electron chi connectivity index (χ2n) is 8.99. The number of hydrogen-bond acceptors (Lipinski definition) is 5. The Morgan fingerprint density at radius 1 is 1.18 bits per heavy atom. The molecule has 0 N–H and O–H groups in total. The molecule has 0 aliphatic carbocycles. The third kappa shape index (κ3) is 4.87. The molecule has 0 saturated carbocycles. The van der Waals surface area contributed by atoms with Crippen molar-refractivity contribution in [1.29, 1.82) is 0 Å². The van der Waals surface area contributed by atoms with Crippen molar-refractivity contribution in [2.75, 3.05) is 11.4 Å². The lowest BCUT2D eigenvalue weighted by atomic mass is 9.68. The first-order chi connectivity index (χ1) is 15.6. The van der Waals surface area contributed by atoms with Gasteiger partial charge in [0.1, 0.15) is 5.60 Å². The van der Waals surface area contributed by atoms with Crippen LogP contribution in [-0.4, -0.2) is 29.1 Å². The number of para-hydroxylation sites is 1. The van der Waals surface area contributed by atoms with Crippen LogP contribution in [0.3, 0.4) is 0 Å². The summed E-state index contributed by atoms with van der Waals surface area (Å²) in [5.41, 5.74) is -0.412. The third-order valence-electron chi connectivity index (χ3n) is 5.55. The second kappa shape index (κ2) is 9.40. The van der Waals surface area contributed by atoms with Crippen molar-refractivity contribution >= 4 is 23.8 Å². The summed E-state index contributed by atoms with van der Waals surface area (Å²) in [5, 5.41) is 11.7. The van der Waals surface area contributed by atoms with Crippen LogP contribution in [0.15, 0.2) is 73.3 Å². The number of amides is 2. The van der Waals surface area contributed by atoms with Gasteiger partial charge in [-0.25, -0.2) is 9.69 Å². The van der Waals surface area contributed by atoms with Gasteiger partial charge in [-0.2, -0.15) is 0 Å². The molecule has 1 aliphatic rings. The standard InChI is InChI=1S/C26H28N2O5/c1-5-17-26(20(18-27(31)32)16-15-19-11-7-6-8-12-19)21-13-9-10-14-22(21)28(23(26)29)24(30)33-25(2,3)4/h5-16,20H,1,17-18H2,2-4H3/b16-15+/t20-,26-/m0/s1. The van der Waals surface area contributed by atoms with Gasteiger partial charge in [-0.05, 0) is 44.4 Å². The van der Waals surface area contributed by atoms with Crippen molar-refractivity contribution in [2.45, 2.75) is 38.2 Å². The lowest BCUT2D eigenvalue weighted by Crippen LogP contribution is -2.49. The maximum absolute atomic E-state index is 14.0. The predicted octanol–water partition coefficient (Wildman–Crippen LogP) is 5.39. The van der Waals surface area contributed by atoms with Crippen molar-refractivity contribution in [1.82, 2.24) is 0 Å². The average molecular weight is 449 g/mol. The number of benzene rings is 2. The highest BCUT2D eigenvalue weighted by molar-refractivity contribution is 6.21. The molecule has 1 heterocycles. The summed E-state index contributed by atoms with van der Waals surface area (Å²) in [4.78, 5) is 39.3. The van der Waals surface area contributed by atoms with Gasteiger partial charge in [0.05, 0.1) is 17.0 Å². The first kappa shape index (κ1) is 23.9. The number of hydrogen-bond donors (Lipinski definition) is 0. The SMILES string of the molecule is C=CC[C@@]1([C@@H](/C=C/c2ccccc2)C[N+](=O)[O-])C(=O)N(C(=O)OC(C)(C)C)c2ccccc21. The molecular weight excluding hydrogens is 420 g/mol. The number of nitrogens with zero attached hydrogens (tertiary/aromatic N) is 2. The molecule has 33 heavy (non-hydrogen) atoms. The van der Waals surface area contributed by atoms with Crippen LogP contribution >= 0.6 is 0 Å². The summed E-state index contributed by atoms with van der Waals surface area (Å²) < 4.78 is 5.50. The number of fused-ring (bicyclic) bond motifs is 1. The van der Waals surface area contributed by atoms with Crippen LogP contribution in [0.25, 0.3) is 6.08 Å². The molecule has 172 valence electrons. The number of rotatable bonds is 7. The zero-order chi connectivity index (χ0) is 24.2. The second-order valence-corrected chi connectivity index (χ2v) is 8.99.